The number of hydrogen-bond acceptors (Lipinski definition) is 7. The van der Waals surface area contributed by atoms with Crippen LogP contribution in [0.2, 0.25) is 0 Å². The second kappa shape index (κ2) is 6.86. The Morgan fingerprint density at radius 2 is 1.85 bits per heavy atom. The number of pyridine rings is 1. The van der Waals surface area contributed by atoms with E-state index in [4.69, 9.17) is 23.9 Å². The maximum Gasteiger partial charge on any atom is 0.230 e. The molecule has 2 aromatic heterocycles. The zero-order chi connectivity index (χ0) is 18.9. The van der Waals surface area contributed by atoms with Crippen LogP contribution in [0, 0.1) is 0 Å². The van der Waals surface area contributed by atoms with Crippen molar-refractivity contribution in [2.75, 3.05) is 21.3 Å². The fourth-order valence-electron chi connectivity index (χ4n) is 2.83. The molecule has 0 fully saturated rings. The van der Waals surface area contributed by atoms with Gasteiger partial charge in [-0.3, -0.25) is 5.26 Å². The molecule has 0 unspecified atom stereocenters. The summed E-state index contributed by atoms with van der Waals surface area (Å²) in [5.74, 6) is 1.65. The SMILES string of the molecule is COc1cc2nc3occc3c(OC)c2c(/C=C/C(C)(C)OO)c1OC. The second-order valence-corrected chi connectivity index (χ2v) is 6.23. The van der Waals surface area contributed by atoms with Gasteiger partial charge < -0.3 is 18.6 Å². The first-order valence-corrected chi connectivity index (χ1v) is 7.97. The minimum Gasteiger partial charge on any atom is -0.495 e. The molecule has 0 amide bonds. The van der Waals surface area contributed by atoms with E-state index in [1.54, 1.807) is 65.7 Å². The Balaban J connectivity index is 2.44. The Bertz CT molecular complexity index is 973. The Hall–Kier alpha value is -2.77. The molecule has 0 spiro atoms. The number of furan rings is 1. The lowest BCUT2D eigenvalue weighted by atomic mass is 10.0. The van der Waals surface area contributed by atoms with Crippen molar-refractivity contribution in [3.05, 3.63) is 30.0 Å². The number of hydrogen-bond donors (Lipinski definition) is 1. The summed E-state index contributed by atoms with van der Waals surface area (Å²) >= 11 is 0. The van der Waals surface area contributed by atoms with Crippen molar-refractivity contribution in [3.8, 4) is 17.2 Å². The molecule has 0 saturated heterocycles. The van der Waals surface area contributed by atoms with Crippen LogP contribution in [-0.2, 0) is 4.89 Å². The van der Waals surface area contributed by atoms with E-state index in [9.17, 15) is 0 Å². The molecular formula is C19H21NO6. The van der Waals surface area contributed by atoms with Crippen molar-refractivity contribution in [2.45, 2.75) is 19.4 Å². The highest BCUT2D eigenvalue weighted by atomic mass is 17.1. The highest BCUT2D eigenvalue weighted by Gasteiger charge is 2.22. The van der Waals surface area contributed by atoms with Gasteiger partial charge in [0.15, 0.2) is 11.5 Å². The molecule has 0 aliphatic carbocycles. The normalized spacial score (nSPS) is 12.2. The van der Waals surface area contributed by atoms with E-state index in [0.717, 1.165) is 10.8 Å². The first-order chi connectivity index (χ1) is 12.5. The van der Waals surface area contributed by atoms with Gasteiger partial charge in [0.05, 0.1) is 43.9 Å². The average molecular weight is 359 g/mol. The molecule has 138 valence electrons. The van der Waals surface area contributed by atoms with Gasteiger partial charge in [0, 0.05) is 11.6 Å². The molecule has 2 heterocycles. The van der Waals surface area contributed by atoms with E-state index in [1.807, 2.05) is 0 Å². The van der Waals surface area contributed by atoms with E-state index >= 15 is 0 Å². The number of benzene rings is 1. The molecule has 1 N–H and O–H groups in total. The predicted molar refractivity (Wildman–Crippen MR) is 98.0 cm³/mol. The van der Waals surface area contributed by atoms with Crippen molar-refractivity contribution < 1.29 is 28.8 Å². The second-order valence-electron chi connectivity index (χ2n) is 6.23. The van der Waals surface area contributed by atoms with Gasteiger partial charge in [-0.1, -0.05) is 6.08 Å². The van der Waals surface area contributed by atoms with Crippen LogP contribution in [0.25, 0.3) is 28.1 Å². The molecule has 0 bridgehead atoms. The number of ether oxygens (including phenoxy) is 3. The number of fused-ring (bicyclic) bond motifs is 2. The molecule has 0 saturated carbocycles. The van der Waals surface area contributed by atoms with Gasteiger partial charge in [0.25, 0.3) is 0 Å². The molecule has 3 rings (SSSR count). The number of aromatic nitrogens is 1. The summed E-state index contributed by atoms with van der Waals surface area (Å²) in [6.07, 6.45) is 5.06. The van der Waals surface area contributed by atoms with Gasteiger partial charge in [0.1, 0.15) is 11.4 Å². The minimum atomic E-state index is -0.888. The Labute approximate surface area is 150 Å². The van der Waals surface area contributed by atoms with Crippen molar-refractivity contribution in [3.63, 3.8) is 0 Å². The maximum atomic E-state index is 9.07. The lowest BCUT2D eigenvalue weighted by molar-refractivity contribution is -0.296. The van der Waals surface area contributed by atoms with Crippen molar-refractivity contribution in [1.29, 1.82) is 0 Å². The van der Waals surface area contributed by atoms with Crippen molar-refractivity contribution in [1.82, 2.24) is 4.98 Å². The smallest absolute Gasteiger partial charge is 0.230 e. The summed E-state index contributed by atoms with van der Waals surface area (Å²) in [5, 5.41) is 10.6. The van der Waals surface area contributed by atoms with Gasteiger partial charge in [0.2, 0.25) is 5.71 Å². The van der Waals surface area contributed by atoms with Gasteiger partial charge in [-0.15, -0.1) is 0 Å². The molecule has 0 aliphatic heterocycles. The molecule has 26 heavy (non-hydrogen) atoms. The van der Waals surface area contributed by atoms with E-state index in [2.05, 4.69) is 9.87 Å². The zero-order valence-corrected chi connectivity index (χ0v) is 15.3. The first-order valence-electron chi connectivity index (χ1n) is 7.97. The Kier molecular flexibility index (Phi) is 4.76. The fraction of sp³-hybridized carbons (Fsp3) is 0.316. The molecule has 0 atom stereocenters. The molecule has 7 heteroatoms. The monoisotopic (exact) mass is 359 g/mol. The quantitative estimate of drug-likeness (QED) is 0.519. The molecule has 1 aromatic carbocycles. The summed E-state index contributed by atoms with van der Waals surface area (Å²) in [7, 11) is 4.71. The fourth-order valence-corrected chi connectivity index (χ4v) is 2.83. The van der Waals surface area contributed by atoms with Crippen LogP contribution in [-0.4, -0.2) is 37.2 Å². The average Bonchev–Trinajstić information content (AvgIpc) is 3.11. The molecule has 0 radical (unpaired) electrons. The number of nitrogens with zero attached hydrogens (tertiary/aromatic N) is 1. The Morgan fingerprint density at radius 3 is 2.46 bits per heavy atom. The predicted octanol–water partition coefficient (Wildman–Crippen LogP) is 4.29. The molecule has 3 aromatic rings. The van der Waals surface area contributed by atoms with Crippen LogP contribution in [0.5, 0.6) is 17.2 Å². The number of methoxy groups -OCH3 is 3. The third kappa shape index (κ3) is 2.95. The summed E-state index contributed by atoms with van der Waals surface area (Å²) in [6, 6.07) is 3.56. The van der Waals surface area contributed by atoms with Gasteiger partial charge in [-0.05, 0) is 26.0 Å². The Morgan fingerprint density at radius 1 is 1.12 bits per heavy atom. The molecule has 0 aliphatic rings. The highest BCUT2D eigenvalue weighted by Crippen LogP contribution is 2.44. The lowest BCUT2D eigenvalue weighted by Crippen LogP contribution is -2.18. The first kappa shape index (κ1) is 18.0. The number of rotatable bonds is 6. The third-order valence-corrected chi connectivity index (χ3v) is 4.11. The van der Waals surface area contributed by atoms with Gasteiger partial charge in [-0.25, -0.2) is 9.87 Å². The largest absolute Gasteiger partial charge is 0.495 e. The topological polar surface area (TPSA) is 83.2 Å². The summed E-state index contributed by atoms with van der Waals surface area (Å²) in [6.45, 7) is 3.45. The molecule has 7 nitrogen and oxygen atoms in total. The standard InChI is InChI=1S/C19H21NO6/c1-19(2,26-21)8-6-11-15-13(10-14(22-3)16(11)23-4)20-18-12(7-9-25-18)17(15)24-5/h6-10,21H,1-5H3/b8-6+. The lowest BCUT2D eigenvalue weighted by Gasteiger charge is -2.18. The summed E-state index contributed by atoms with van der Waals surface area (Å²) in [4.78, 5) is 9.05. The maximum absolute atomic E-state index is 9.07. The van der Waals surface area contributed by atoms with Crippen molar-refractivity contribution in [2.24, 2.45) is 0 Å². The van der Waals surface area contributed by atoms with E-state index in [0.29, 0.717) is 34.0 Å². The zero-order valence-electron chi connectivity index (χ0n) is 15.3. The summed E-state index contributed by atoms with van der Waals surface area (Å²) in [5.41, 5.74) is 0.903. The van der Waals surface area contributed by atoms with Crippen LogP contribution in [0.1, 0.15) is 19.4 Å². The van der Waals surface area contributed by atoms with E-state index in [-0.39, 0.29) is 0 Å². The van der Waals surface area contributed by atoms with Gasteiger partial charge >= 0.3 is 0 Å². The summed E-state index contributed by atoms with van der Waals surface area (Å²) < 4.78 is 22.1. The third-order valence-electron chi connectivity index (χ3n) is 4.11. The van der Waals surface area contributed by atoms with Crippen molar-refractivity contribution >= 4 is 28.1 Å². The van der Waals surface area contributed by atoms with Crippen LogP contribution in [0.4, 0.5) is 0 Å². The minimum absolute atomic E-state index is 0.468. The van der Waals surface area contributed by atoms with Crippen LogP contribution in [0.3, 0.4) is 0 Å². The molecular weight excluding hydrogens is 338 g/mol. The van der Waals surface area contributed by atoms with Crippen LogP contribution < -0.4 is 14.2 Å². The highest BCUT2D eigenvalue weighted by molar-refractivity contribution is 6.05. The van der Waals surface area contributed by atoms with E-state index < -0.39 is 5.60 Å². The van der Waals surface area contributed by atoms with Crippen LogP contribution >= 0.6 is 0 Å². The van der Waals surface area contributed by atoms with E-state index in [1.165, 1.54) is 0 Å². The van der Waals surface area contributed by atoms with Crippen LogP contribution in [0.15, 0.2) is 28.9 Å². The van der Waals surface area contributed by atoms with Gasteiger partial charge in [-0.2, -0.15) is 0 Å².